The van der Waals surface area contributed by atoms with Crippen molar-refractivity contribution in [1.82, 2.24) is 5.09 Å². The molecule has 0 aliphatic carbocycles. The van der Waals surface area contributed by atoms with Crippen molar-refractivity contribution < 1.29 is 9.67 Å². The number of hydrogen-bond acceptors (Lipinski definition) is 2. The minimum Gasteiger partial charge on any atom is -0.508 e. The summed E-state index contributed by atoms with van der Waals surface area (Å²) in [6, 6.07) is 8.71. The van der Waals surface area contributed by atoms with E-state index in [4.69, 9.17) is 9.67 Å². The van der Waals surface area contributed by atoms with E-state index in [2.05, 4.69) is 5.09 Å². The SMILES string of the molecule is CNP=O.Oc1ccccc1. The molecule has 0 heterocycles. The van der Waals surface area contributed by atoms with Gasteiger partial charge in [0.15, 0.2) is 0 Å². The Bertz CT molecular complexity index is 191. The van der Waals surface area contributed by atoms with Crippen molar-refractivity contribution in [3.63, 3.8) is 0 Å². The van der Waals surface area contributed by atoms with Crippen molar-refractivity contribution in [3.8, 4) is 5.75 Å². The monoisotopic (exact) mass is 171 g/mol. The van der Waals surface area contributed by atoms with Crippen molar-refractivity contribution >= 4 is 8.61 Å². The summed E-state index contributed by atoms with van der Waals surface area (Å²) in [5.41, 5.74) is 0. The number of phenols is 1. The van der Waals surface area contributed by atoms with Crippen molar-refractivity contribution in [2.24, 2.45) is 0 Å². The molecule has 11 heavy (non-hydrogen) atoms. The molecule has 1 aromatic carbocycles. The van der Waals surface area contributed by atoms with Gasteiger partial charge in [0, 0.05) is 0 Å². The molecule has 0 saturated carbocycles. The second-order valence-electron chi connectivity index (χ2n) is 1.65. The highest BCUT2D eigenvalue weighted by molar-refractivity contribution is 7.20. The number of para-hydroxylation sites is 1. The van der Waals surface area contributed by atoms with Gasteiger partial charge in [-0.05, 0) is 19.2 Å². The molecule has 60 valence electrons. The fourth-order valence-electron chi connectivity index (χ4n) is 0.428. The largest absolute Gasteiger partial charge is 0.508 e. The van der Waals surface area contributed by atoms with E-state index in [0.29, 0.717) is 5.75 Å². The van der Waals surface area contributed by atoms with E-state index >= 15 is 0 Å². The number of hydrogen-bond donors (Lipinski definition) is 2. The van der Waals surface area contributed by atoms with Crippen LogP contribution in [0, 0.1) is 0 Å². The number of benzene rings is 1. The molecule has 2 N–H and O–H groups in total. The van der Waals surface area contributed by atoms with Gasteiger partial charge in [-0.3, -0.25) is 4.57 Å². The molecule has 3 nitrogen and oxygen atoms in total. The average Bonchev–Trinajstić information content (AvgIpc) is 2.07. The number of rotatable bonds is 1. The molecule has 0 bridgehead atoms. The fraction of sp³-hybridized carbons (Fsp3) is 0.143. The first kappa shape index (κ1) is 10.1. The van der Waals surface area contributed by atoms with Crippen LogP contribution in [0.25, 0.3) is 0 Å². The Hall–Kier alpha value is -0.920. The van der Waals surface area contributed by atoms with E-state index in [9.17, 15) is 0 Å². The second-order valence-corrected chi connectivity index (χ2v) is 2.28. The van der Waals surface area contributed by atoms with Crippen LogP contribution in [0.1, 0.15) is 0 Å². The summed E-state index contributed by atoms with van der Waals surface area (Å²) in [5, 5.41) is 11.0. The molecule has 0 spiro atoms. The van der Waals surface area contributed by atoms with Crippen LogP contribution in [0.2, 0.25) is 0 Å². The second kappa shape index (κ2) is 7.19. The van der Waals surface area contributed by atoms with Gasteiger partial charge in [-0.15, -0.1) is 0 Å². The van der Waals surface area contributed by atoms with Gasteiger partial charge in [0.1, 0.15) is 5.75 Å². The number of aromatic hydroxyl groups is 1. The third kappa shape index (κ3) is 6.97. The average molecular weight is 171 g/mol. The Morgan fingerprint density at radius 2 is 1.82 bits per heavy atom. The summed E-state index contributed by atoms with van der Waals surface area (Å²) in [4.78, 5) is 0. The van der Waals surface area contributed by atoms with Gasteiger partial charge >= 0.3 is 0 Å². The van der Waals surface area contributed by atoms with Crippen molar-refractivity contribution in [2.75, 3.05) is 7.05 Å². The normalized spacial score (nSPS) is 8.45. The highest BCUT2D eigenvalue weighted by Gasteiger charge is 1.74. The van der Waals surface area contributed by atoms with E-state index in [0.717, 1.165) is 0 Å². The fourth-order valence-corrected chi connectivity index (χ4v) is 0.428. The summed E-state index contributed by atoms with van der Waals surface area (Å²) >= 11 is 0. The molecule has 1 rings (SSSR count). The molecule has 0 aliphatic heterocycles. The summed E-state index contributed by atoms with van der Waals surface area (Å²) < 4.78 is 9.16. The van der Waals surface area contributed by atoms with E-state index in [1.54, 1.807) is 31.3 Å². The number of phenolic OH excluding ortho intramolecular Hbond substituents is 1. The van der Waals surface area contributed by atoms with Crippen molar-refractivity contribution in [2.45, 2.75) is 0 Å². The first-order valence-corrected chi connectivity index (χ1v) is 3.85. The first-order valence-electron chi connectivity index (χ1n) is 3.04. The van der Waals surface area contributed by atoms with E-state index in [1.807, 2.05) is 6.07 Å². The first-order chi connectivity index (χ1) is 5.31. The van der Waals surface area contributed by atoms with Crippen molar-refractivity contribution in [3.05, 3.63) is 30.3 Å². The lowest BCUT2D eigenvalue weighted by atomic mass is 10.3. The molecule has 0 atom stereocenters. The van der Waals surface area contributed by atoms with Crippen LogP contribution in [-0.2, 0) is 4.57 Å². The third-order valence-electron chi connectivity index (χ3n) is 0.847. The highest BCUT2D eigenvalue weighted by Crippen LogP contribution is 2.02. The van der Waals surface area contributed by atoms with Gasteiger partial charge in [0.2, 0.25) is 8.61 Å². The predicted octanol–water partition coefficient (Wildman–Crippen LogP) is 1.80. The molecule has 1 aromatic rings. The van der Waals surface area contributed by atoms with Gasteiger partial charge in [-0.25, -0.2) is 5.09 Å². The third-order valence-corrected chi connectivity index (χ3v) is 1.03. The smallest absolute Gasteiger partial charge is 0.245 e. The van der Waals surface area contributed by atoms with Crippen LogP contribution in [0.4, 0.5) is 0 Å². The molecule has 0 aromatic heterocycles. The van der Waals surface area contributed by atoms with Gasteiger partial charge in [-0.2, -0.15) is 0 Å². The zero-order valence-electron chi connectivity index (χ0n) is 6.19. The molecule has 0 fully saturated rings. The molecule has 0 amide bonds. The van der Waals surface area contributed by atoms with E-state index < -0.39 is 0 Å². The summed E-state index contributed by atoms with van der Waals surface area (Å²) in [6.07, 6.45) is 0. The molecular weight excluding hydrogens is 161 g/mol. The van der Waals surface area contributed by atoms with Gasteiger partial charge in [0.25, 0.3) is 0 Å². The quantitative estimate of drug-likeness (QED) is 0.633. The standard InChI is InChI=1S/C6H6O.CH4NOP/c7-6-4-2-1-3-5-6;1-2-4-3/h1-5,7H;1H3,(H,2,3). The zero-order valence-corrected chi connectivity index (χ0v) is 7.08. The predicted molar refractivity (Wildman–Crippen MR) is 44.8 cm³/mol. The van der Waals surface area contributed by atoms with E-state index in [-0.39, 0.29) is 8.61 Å². The Labute approximate surface area is 67.3 Å². The maximum Gasteiger partial charge on any atom is 0.245 e. The van der Waals surface area contributed by atoms with Crippen LogP contribution in [0.15, 0.2) is 30.3 Å². The Morgan fingerprint density at radius 3 is 2.00 bits per heavy atom. The van der Waals surface area contributed by atoms with Crippen LogP contribution in [0.5, 0.6) is 5.75 Å². The maximum absolute atomic E-state index is 9.16. The van der Waals surface area contributed by atoms with Crippen molar-refractivity contribution in [1.29, 1.82) is 0 Å². The number of nitrogens with one attached hydrogen (secondary N) is 1. The summed E-state index contributed by atoms with van der Waals surface area (Å²) in [6.45, 7) is 0. The molecule has 0 saturated heterocycles. The molecule has 4 heteroatoms. The van der Waals surface area contributed by atoms with Crippen LogP contribution < -0.4 is 5.09 Å². The Kier molecular flexibility index (Phi) is 6.59. The topological polar surface area (TPSA) is 49.3 Å². The molecule has 0 aliphatic rings. The summed E-state index contributed by atoms with van der Waals surface area (Å²) in [5.74, 6) is 0.322. The van der Waals surface area contributed by atoms with Crippen LogP contribution in [-0.4, -0.2) is 12.2 Å². The molecule has 0 radical (unpaired) electrons. The minimum absolute atomic E-state index is 0.00154. The molecular formula is C7H10NO2P. The lowest BCUT2D eigenvalue weighted by Crippen LogP contribution is -1.77. The van der Waals surface area contributed by atoms with E-state index in [1.165, 1.54) is 0 Å². The van der Waals surface area contributed by atoms with Gasteiger partial charge in [0.05, 0.1) is 0 Å². The highest BCUT2D eigenvalue weighted by atomic mass is 31.1. The van der Waals surface area contributed by atoms with Crippen LogP contribution in [0.3, 0.4) is 0 Å². The Balaban J connectivity index is 0.000000218. The lowest BCUT2D eigenvalue weighted by molar-refractivity contribution is 0.475. The minimum atomic E-state index is -0.00154. The summed E-state index contributed by atoms with van der Waals surface area (Å²) in [7, 11) is 1.60. The maximum atomic E-state index is 9.16. The Morgan fingerprint density at radius 1 is 1.36 bits per heavy atom. The van der Waals surface area contributed by atoms with Gasteiger partial charge < -0.3 is 5.11 Å². The molecule has 0 unspecified atom stereocenters. The lowest BCUT2D eigenvalue weighted by Gasteiger charge is -1.82. The van der Waals surface area contributed by atoms with Crippen LogP contribution >= 0.6 is 8.61 Å². The van der Waals surface area contributed by atoms with Gasteiger partial charge in [-0.1, -0.05) is 18.2 Å². The zero-order chi connectivity index (χ0) is 8.53.